The standard InChI is InChI=1S/C11H10F2N2O4S/c1-2-11(13)7(17)6(4-16)19-9(11)15-3-5(12)8(20)14-10(15)18/h1,3,6-7,9,16-17H,4H2,(H,14,18,20)/t6-,7+,9-,11?/m1/s1. The fourth-order valence-corrected chi connectivity index (χ4v) is 2.10. The molecule has 0 spiro atoms. The smallest absolute Gasteiger partial charge is 0.328 e. The number of alkyl halides is 1. The van der Waals surface area contributed by atoms with Crippen molar-refractivity contribution in [2.45, 2.75) is 24.1 Å². The van der Waals surface area contributed by atoms with E-state index in [0.29, 0.717) is 10.8 Å². The van der Waals surface area contributed by atoms with Crippen LogP contribution in [0.3, 0.4) is 0 Å². The highest BCUT2D eigenvalue weighted by Gasteiger charge is 2.57. The Hall–Kier alpha value is -1.60. The maximum Gasteiger partial charge on any atom is 0.328 e. The number of hydrogen-bond donors (Lipinski definition) is 3. The zero-order chi connectivity index (χ0) is 15.1. The molecule has 2 heterocycles. The first-order valence-corrected chi connectivity index (χ1v) is 5.88. The fourth-order valence-electron chi connectivity index (χ4n) is 1.96. The Labute approximate surface area is 116 Å². The lowest BCUT2D eigenvalue weighted by Crippen LogP contribution is -2.44. The van der Waals surface area contributed by atoms with Crippen LogP contribution < -0.4 is 5.69 Å². The minimum atomic E-state index is -2.79. The summed E-state index contributed by atoms with van der Waals surface area (Å²) in [5, 5.41) is 18.7. The van der Waals surface area contributed by atoms with Crippen LogP contribution in [0, 0.1) is 22.8 Å². The molecule has 1 aromatic rings. The molecule has 0 aliphatic carbocycles. The largest absolute Gasteiger partial charge is 0.394 e. The molecule has 0 bridgehead atoms. The first kappa shape index (κ1) is 14.8. The molecule has 2 rings (SSSR count). The molecular weight excluding hydrogens is 294 g/mol. The molecule has 20 heavy (non-hydrogen) atoms. The van der Waals surface area contributed by atoms with Crippen LogP contribution >= 0.6 is 12.2 Å². The van der Waals surface area contributed by atoms with Crippen molar-refractivity contribution in [3.05, 3.63) is 27.1 Å². The van der Waals surface area contributed by atoms with Crippen LogP contribution in [0.25, 0.3) is 0 Å². The van der Waals surface area contributed by atoms with Gasteiger partial charge in [0, 0.05) is 0 Å². The Morgan fingerprint density at radius 2 is 2.35 bits per heavy atom. The number of rotatable bonds is 2. The molecule has 1 unspecified atom stereocenters. The second kappa shape index (κ2) is 5.06. The van der Waals surface area contributed by atoms with Crippen molar-refractivity contribution in [1.82, 2.24) is 9.55 Å². The summed E-state index contributed by atoms with van der Waals surface area (Å²) in [4.78, 5) is 13.7. The molecule has 1 aromatic heterocycles. The van der Waals surface area contributed by atoms with Gasteiger partial charge in [-0.25, -0.2) is 13.6 Å². The predicted octanol–water partition coefficient (Wildman–Crippen LogP) is -0.363. The lowest BCUT2D eigenvalue weighted by atomic mass is 9.97. The summed E-state index contributed by atoms with van der Waals surface area (Å²) < 4.78 is 33.1. The van der Waals surface area contributed by atoms with Crippen LogP contribution in [0.1, 0.15) is 6.23 Å². The van der Waals surface area contributed by atoms with Gasteiger partial charge in [0.2, 0.25) is 5.67 Å². The number of halogens is 2. The van der Waals surface area contributed by atoms with Gasteiger partial charge in [-0.05, 0) is 0 Å². The second-order valence-electron chi connectivity index (χ2n) is 4.21. The number of H-pyrrole nitrogens is 1. The van der Waals surface area contributed by atoms with Gasteiger partial charge in [0.1, 0.15) is 16.8 Å². The molecule has 0 radical (unpaired) electrons. The molecule has 1 aliphatic heterocycles. The molecule has 108 valence electrons. The summed E-state index contributed by atoms with van der Waals surface area (Å²) in [6, 6.07) is 0. The molecule has 1 saturated heterocycles. The summed E-state index contributed by atoms with van der Waals surface area (Å²) in [7, 11) is 0. The van der Waals surface area contributed by atoms with E-state index in [1.54, 1.807) is 5.92 Å². The van der Waals surface area contributed by atoms with E-state index in [9.17, 15) is 18.7 Å². The molecule has 4 atom stereocenters. The molecule has 0 saturated carbocycles. The minimum Gasteiger partial charge on any atom is -0.394 e. The first-order valence-electron chi connectivity index (χ1n) is 5.47. The molecule has 3 N–H and O–H groups in total. The normalized spacial score (nSPS) is 33.0. The maximum absolute atomic E-state index is 14.6. The number of aromatic nitrogens is 2. The quantitative estimate of drug-likeness (QED) is 0.513. The van der Waals surface area contributed by atoms with Crippen molar-refractivity contribution in [1.29, 1.82) is 0 Å². The first-order chi connectivity index (χ1) is 9.35. The van der Waals surface area contributed by atoms with Gasteiger partial charge >= 0.3 is 5.69 Å². The van der Waals surface area contributed by atoms with Gasteiger partial charge < -0.3 is 14.9 Å². The van der Waals surface area contributed by atoms with E-state index in [0.717, 1.165) is 0 Å². The Morgan fingerprint density at radius 1 is 1.70 bits per heavy atom. The minimum absolute atomic E-state index is 0.450. The Bertz CT molecular complexity index is 682. The third-order valence-electron chi connectivity index (χ3n) is 3.02. The van der Waals surface area contributed by atoms with Crippen LogP contribution in [0.4, 0.5) is 8.78 Å². The van der Waals surface area contributed by atoms with Crippen LogP contribution in [0.15, 0.2) is 11.0 Å². The zero-order valence-electron chi connectivity index (χ0n) is 9.92. The summed E-state index contributed by atoms with van der Waals surface area (Å²) in [6.45, 7) is -0.717. The highest BCUT2D eigenvalue weighted by Crippen LogP contribution is 2.40. The number of nitrogens with zero attached hydrogens (tertiary/aromatic N) is 1. The molecule has 6 nitrogen and oxygen atoms in total. The van der Waals surface area contributed by atoms with Crippen molar-refractivity contribution >= 4 is 12.2 Å². The van der Waals surface area contributed by atoms with E-state index in [1.165, 1.54) is 0 Å². The van der Waals surface area contributed by atoms with Crippen molar-refractivity contribution in [2.75, 3.05) is 6.61 Å². The Morgan fingerprint density at radius 3 is 2.90 bits per heavy atom. The number of aliphatic hydroxyl groups is 2. The number of aliphatic hydroxyl groups excluding tert-OH is 2. The summed E-state index contributed by atoms with van der Waals surface area (Å²) >= 11 is 4.52. The highest BCUT2D eigenvalue weighted by molar-refractivity contribution is 7.71. The topological polar surface area (TPSA) is 87.5 Å². The number of aromatic amines is 1. The summed E-state index contributed by atoms with van der Waals surface area (Å²) in [5.74, 6) is 0.707. The van der Waals surface area contributed by atoms with Crippen LogP contribution in [-0.2, 0) is 4.74 Å². The van der Waals surface area contributed by atoms with E-state index in [4.69, 9.17) is 16.3 Å². The number of ether oxygens (including phenoxy) is 1. The third-order valence-corrected chi connectivity index (χ3v) is 3.32. The van der Waals surface area contributed by atoms with Crippen molar-refractivity contribution in [3.8, 4) is 12.3 Å². The molecule has 0 aromatic carbocycles. The van der Waals surface area contributed by atoms with Gasteiger partial charge in [0.15, 0.2) is 12.0 Å². The number of nitrogens with one attached hydrogen (secondary N) is 1. The van der Waals surface area contributed by atoms with E-state index >= 15 is 0 Å². The average molecular weight is 304 g/mol. The lowest BCUT2D eigenvalue weighted by Gasteiger charge is -2.23. The van der Waals surface area contributed by atoms with Crippen LogP contribution in [-0.4, -0.2) is 44.2 Å². The zero-order valence-corrected chi connectivity index (χ0v) is 10.7. The van der Waals surface area contributed by atoms with E-state index in [-0.39, 0.29) is 0 Å². The van der Waals surface area contributed by atoms with Crippen molar-refractivity contribution < 1.29 is 23.7 Å². The Balaban J connectivity index is 2.58. The molecule has 1 aliphatic rings. The molecular formula is C11H10F2N2O4S. The lowest BCUT2D eigenvalue weighted by molar-refractivity contribution is -0.0546. The van der Waals surface area contributed by atoms with E-state index < -0.39 is 46.9 Å². The maximum atomic E-state index is 14.6. The molecule has 9 heteroatoms. The number of terminal acetylenes is 1. The van der Waals surface area contributed by atoms with Crippen molar-refractivity contribution in [2.24, 2.45) is 0 Å². The summed E-state index contributed by atoms with van der Waals surface area (Å²) in [5.41, 5.74) is -3.75. The van der Waals surface area contributed by atoms with Gasteiger partial charge in [-0.15, -0.1) is 6.42 Å². The van der Waals surface area contributed by atoms with Gasteiger partial charge in [0.25, 0.3) is 0 Å². The van der Waals surface area contributed by atoms with Crippen LogP contribution in [0.2, 0.25) is 0 Å². The van der Waals surface area contributed by atoms with Crippen LogP contribution in [0.5, 0.6) is 0 Å². The van der Waals surface area contributed by atoms with Gasteiger partial charge in [-0.2, -0.15) is 0 Å². The van der Waals surface area contributed by atoms with Gasteiger partial charge in [0.05, 0.1) is 12.8 Å². The van der Waals surface area contributed by atoms with E-state index in [1.807, 2.05) is 4.98 Å². The fraction of sp³-hybridized carbons (Fsp3) is 0.455. The van der Waals surface area contributed by atoms with E-state index in [2.05, 4.69) is 12.2 Å². The molecule has 1 fully saturated rings. The Kier molecular flexibility index (Phi) is 3.75. The van der Waals surface area contributed by atoms with Gasteiger partial charge in [-0.3, -0.25) is 9.55 Å². The SMILES string of the molecule is C#CC1(F)[C@@H](O)[C@@H](CO)O[C@H]1n1cc(F)c(=S)[nH]c1=O. The molecule has 0 amide bonds. The van der Waals surface area contributed by atoms with Crippen molar-refractivity contribution in [3.63, 3.8) is 0 Å². The monoisotopic (exact) mass is 304 g/mol. The predicted molar refractivity (Wildman–Crippen MR) is 65.5 cm³/mol. The average Bonchev–Trinajstić information content (AvgIpc) is 2.67. The number of hydrogen-bond acceptors (Lipinski definition) is 5. The highest BCUT2D eigenvalue weighted by atomic mass is 32.1. The second-order valence-corrected chi connectivity index (χ2v) is 4.62. The van der Waals surface area contributed by atoms with Gasteiger partial charge in [-0.1, -0.05) is 18.1 Å². The summed E-state index contributed by atoms with van der Waals surface area (Å²) in [6.07, 6.45) is 0.685. The third kappa shape index (κ3) is 2.06.